The van der Waals surface area contributed by atoms with Gasteiger partial charge < -0.3 is 0 Å². The number of aryl methyl sites for hydroxylation is 1. The lowest BCUT2D eigenvalue weighted by molar-refractivity contribution is 0.581. The van der Waals surface area contributed by atoms with Crippen molar-refractivity contribution in [2.24, 2.45) is 0 Å². The van der Waals surface area contributed by atoms with Gasteiger partial charge in [-0.25, -0.2) is 13.1 Å². The summed E-state index contributed by atoms with van der Waals surface area (Å²) in [5, 5.41) is 0. The van der Waals surface area contributed by atoms with Gasteiger partial charge in [-0.2, -0.15) is 0 Å². The quantitative estimate of drug-likeness (QED) is 0.930. The number of pyridine rings is 1. The van der Waals surface area contributed by atoms with Gasteiger partial charge in [0, 0.05) is 23.4 Å². The maximum Gasteiger partial charge on any atom is 0.240 e. The second-order valence-corrected chi connectivity index (χ2v) is 6.76. The molecule has 1 N–H and O–H groups in total. The van der Waals surface area contributed by atoms with Gasteiger partial charge in [-0.15, -0.1) is 0 Å². The van der Waals surface area contributed by atoms with Crippen LogP contribution < -0.4 is 4.72 Å². The van der Waals surface area contributed by atoms with E-state index in [1.165, 1.54) is 0 Å². The summed E-state index contributed by atoms with van der Waals surface area (Å²) in [6.07, 6.45) is 3.36. The molecule has 19 heavy (non-hydrogen) atoms. The first-order valence-corrected chi connectivity index (χ1v) is 7.91. The Morgan fingerprint density at radius 1 is 1.21 bits per heavy atom. The van der Waals surface area contributed by atoms with Crippen molar-refractivity contribution in [1.82, 2.24) is 9.71 Å². The van der Waals surface area contributed by atoms with Gasteiger partial charge in [0.25, 0.3) is 0 Å². The van der Waals surface area contributed by atoms with E-state index >= 15 is 0 Å². The lowest BCUT2D eigenvalue weighted by atomic mass is 10.2. The second kappa shape index (κ2) is 5.81. The number of rotatable bonds is 4. The molecule has 0 aliphatic heterocycles. The van der Waals surface area contributed by atoms with Crippen LogP contribution in [0.15, 0.2) is 52.1 Å². The molecule has 6 heteroatoms. The lowest BCUT2D eigenvalue weighted by Gasteiger charge is -2.08. The monoisotopic (exact) mass is 340 g/mol. The van der Waals surface area contributed by atoms with Crippen molar-refractivity contribution >= 4 is 26.0 Å². The minimum atomic E-state index is -3.48. The SMILES string of the molecule is Cc1cnccc1CNS(=O)(=O)c1ccc(Br)cc1. The highest BCUT2D eigenvalue weighted by molar-refractivity contribution is 9.10. The molecule has 0 spiro atoms. The number of nitrogens with zero attached hydrogens (tertiary/aromatic N) is 1. The number of hydrogen-bond acceptors (Lipinski definition) is 3. The van der Waals surface area contributed by atoms with E-state index < -0.39 is 10.0 Å². The van der Waals surface area contributed by atoms with Crippen LogP contribution >= 0.6 is 15.9 Å². The van der Waals surface area contributed by atoms with E-state index in [1.54, 1.807) is 42.7 Å². The fourth-order valence-corrected chi connectivity index (χ4v) is 2.84. The average Bonchev–Trinajstić information content (AvgIpc) is 2.38. The summed E-state index contributed by atoms with van der Waals surface area (Å²) in [6, 6.07) is 8.33. The van der Waals surface area contributed by atoms with Crippen molar-refractivity contribution in [3.63, 3.8) is 0 Å². The van der Waals surface area contributed by atoms with Gasteiger partial charge in [0.2, 0.25) is 10.0 Å². The number of halogens is 1. The summed E-state index contributed by atoms with van der Waals surface area (Å²) in [5.74, 6) is 0. The highest BCUT2D eigenvalue weighted by Gasteiger charge is 2.13. The molecule has 1 aromatic carbocycles. The van der Waals surface area contributed by atoms with Gasteiger partial charge in [0.15, 0.2) is 0 Å². The molecule has 2 rings (SSSR count). The van der Waals surface area contributed by atoms with Crippen molar-refractivity contribution in [1.29, 1.82) is 0 Å². The number of hydrogen-bond donors (Lipinski definition) is 1. The molecule has 100 valence electrons. The normalized spacial score (nSPS) is 11.5. The van der Waals surface area contributed by atoms with Crippen LogP contribution in [0.3, 0.4) is 0 Å². The van der Waals surface area contributed by atoms with Gasteiger partial charge in [-0.05, 0) is 48.4 Å². The summed E-state index contributed by atoms with van der Waals surface area (Å²) >= 11 is 3.28. The molecular formula is C13H13BrN2O2S. The van der Waals surface area contributed by atoms with Crippen LogP contribution in [-0.2, 0) is 16.6 Å². The molecule has 0 unspecified atom stereocenters. The molecule has 0 saturated carbocycles. The second-order valence-electron chi connectivity index (χ2n) is 4.08. The third-order valence-electron chi connectivity index (χ3n) is 2.71. The van der Waals surface area contributed by atoms with Crippen LogP contribution in [0, 0.1) is 6.92 Å². The highest BCUT2D eigenvalue weighted by atomic mass is 79.9. The molecule has 0 aliphatic rings. The van der Waals surface area contributed by atoms with Gasteiger partial charge in [0.1, 0.15) is 0 Å². The molecule has 2 aromatic rings. The molecule has 0 aliphatic carbocycles. The van der Waals surface area contributed by atoms with Crippen molar-refractivity contribution < 1.29 is 8.42 Å². The van der Waals surface area contributed by atoms with Crippen LogP contribution in [0.4, 0.5) is 0 Å². The van der Waals surface area contributed by atoms with Crippen molar-refractivity contribution in [2.45, 2.75) is 18.4 Å². The molecule has 1 heterocycles. The van der Waals surface area contributed by atoms with E-state index in [-0.39, 0.29) is 11.4 Å². The Morgan fingerprint density at radius 3 is 2.53 bits per heavy atom. The molecule has 0 saturated heterocycles. The summed E-state index contributed by atoms with van der Waals surface area (Å²) < 4.78 is 27.6. The Kier molecular flexibility index (Phi) is 4.34. The molecule has 0 radical (unpaired) electrons. The van der Waals surface area contributed by atoms with E-state index in [1.807, 2.05) is 6.92 Å². The van der Waals surface area contributed by atoms with E-state index in [0.717, 1.165) is 15.6 Å². The molecule has 0 fully saturated rings. The lowest BCUT2D eigenvalue weighted by Crippen LogP contribution is -2.23. The molecule has 0 amide bonds. The standard InChI is InChI=1S/C13H13BrN2O2S/c1-10-8-15-7-6-11(10)9-16-19(17,18)13-4-2-12(14)3-5-13/h2-8,16H,9H2,1H3. The highest BCUT2D eigenvalue weighted by Crippen LogP contribution is 2.15. The summed E-state index contributed by atoms with van der Waals surface area (Å²) in [6.45, 7) is 2.16. The minimum absolute atomic E-state index is 0.252. The first kappa shape index (κ1) is 14.2. The van der Waals surface area contributed by atoms with Crippen molar-refractivity contribution in [3.05, 3.63) is 58.3 Å². The van der Waals surface area contributed by atoms with Crippen LogP contribution in [0.5, 0.6) is 0 Å². The number of sulfonamides is 1. The predicted molar refractivity (Wildman–Crippen MR) is 77.1 cm³/mol. The Labute approximate surface area is 121 Å². The van der Waals surface area contributed by atoms with Crippen LogP contribution in [0.2, 0.25) is 0 Å². The van der Waals surface area contributed by atoms with Gasteiger partial charge in [-0.1, -0.05) is 15.9 Å². The molecular weight excluding hydrogens is 328 g/mol. The Balaban J connectivity index is 2.14. The predicted octanol–water partition coefficient (Wildman–Crippen LogP) is 2.63. The summed E-state index contributed by atoms with van der Waals surface area (Å²) in [4.78, 5) is 4.23. The average molecular weight is 341 g/mol. The first-order chi connectivity index (χ1) is 8.99. The zero-order valence-corrected chi connectivity index (χ0v) is 12.7. The van der Waals surface area contributed by atoms with Crippen LogP contribution in [0.1, 0.15) is 11.1 Å². The molecule has 0 bridgehead atoms. The third kappa shape index (κ3) is 3.62. The zero-order chi connectivity index (χ0) is 13.9. The Morgan fingerprint density at radius 2 is 1.89 bits per heavy atom. The van der Waals surface area contributed by atoms with E-state index in [2.05, 4.69) is 25.6 Å². The van der Waals surface area contributed by atoms with Gasteiger partial charge in [0.05, 0.1) is 4.90 Å². The maximum absolute atomic E-state index is 12.1. The summed E-state index contributed by atoms with van der Waals surface area (Å²) in [7, 11) is -3.48. The van der Waals surface area contributed by atoms with Crippen molar-refractivity contribution in [3.8, 4) is 0 Å². The fraction of sp³-hybridized carbons (Fsp3) is 0.154. The first-order valence-electron chi connectivity index (χ1n) is 5.64. The molecule has 1 aromatic heterocycles. The molecule has 0 atom stereocenters. The molecule has 4 nitrogen and oxygen atoms in total. The fourth-order valence-electron chi connectivity index (χ4n) is 1.57. The van der Waals surface area contributed by atoms with E-state index in [0.29, 0.717) is 0 Å². The Bertz CT molecular complexity index is 669. The van der Waals surface area contributed by atoms with Crippen LogP contribution in [-0.4, -0.2) is 13.4 Å². The number of nitrogens with one attached hydrogen (secondary N) is 1. The maximum atomic E-state index is 12.1. The van der Waals surface area contributed by atoms with E-state index in [4.69, 9.17) is 0 Å². The zero-order valence-electron chi connectivity index (χ0n) is 10.3. The Hall–Kier alpha value is -1.24. The minimum Gasteiger partial charge on any atom is -0.264 e. The number of aromatic nitrogens is 1. The third-order valence-corrected chi connectivity index (χ3v) is 4.66. The summed E-state index contributed by atoms with van der Waals surface area (Å²) in [5.41, 5.74) is 1.87. The van der Waals surface area contributed by atoms with Crippen molar-refractivity contribution in [2.75, 3.05) is 0 Å². The smallest absolute Gasteiger partial charge is 0.240 e. The van der Waals surface area contributed by atoms with Crippen LogP contribution in [0.25, 0.3) is 0 Å². The van der Waals surface area contributed by atoms with E-state index in [9.17, 15) is 8.42 Å². The number of benzene rings is 1. The largest absolute Gasteiger partial charge is 0.264 e. The topological polar surface area (TPSA) is 59.1 Å². The van der Waals surface area contributed by atoms with Gasteiger partial charge >= 0.3 is 0 Å². The van der Waals surface area contributed by atoms with Gasteiger partial charge in [-0.3, -0.25) is 4.98 Å².